The van der Waals surface area contributed by atoms with Crippen molar-refractivity contribution in [2.24, 2.45) is 0 Å². The van der Waals surface area contributed by atoms with Gasteiger partial charge in [-0.1, -0.05) is 72.8 Å². The van der Waals surface area contributed by atoms with Crippen LogP contribution in [0.1, 0.15) is 11.1 Å². The van der Waals surface area contributed by atoms with E-state index >= 15 is 0 Å². The SMILES string of the molecule is N#Cc1cccc(-c2cc(-c3cccc4oc5ccccc5c34)cc(-c3cccc4sc5ccccc5c34)c2C#N)c1. The fourth-order valence-electron chi connectivity index (χ4n) is 6.13. The average Bonchev–Trinajstić information content (AvgIpc) is 3.62. The Bertz CT molecular complexity index is 2450. The fourth-order valence-corrected chi connectivity index (χ4v) is 7.26. The van der Waals surface area contributed by atoms with Crippen LogP contribution in [0.2, 0.25) is 0 Å². The zero-order valence-electron chi connectivity index (χ0n) is 22.3. The van der Waals surface area contributed by atoms with Gasteiger partial charge in [-0.05, 0) is 70.8 Å². The largest absolute Gasteiger partial charge is 0.456 e. The first-order chi connectivity index (χ1) is 20.7. The normalized spacial score (nSPS) is 11.3. The van der Waals surface area contributed by atoms with E-state index in [2.05, 4.69) is 78.9 Å². The van der Waals surface area contributed by atoms with Crippen LogP contribution in [0.5, 0.6) is 0 Å². The summed E-state index contributed by atoms with van der Waals surface area (Å²) in [5.41, 5.74) is 8.32. The van der Waals surface area contributed by atoms with Gasteiger partial charge in [-0.3, -0.25) is 0 Å². The van der Waals surface area contributed by atoms with Crippen LogP contribution in [0, 0.1) is 22.7 Å². The predicted octanol–water partition coefficient (Wildman–Crippen LogP) is 10.7. The van der Waals surface area contributed by atoms with Crippen LogP contribution in [0.3, 0.4) is 0 Å². The average molecular weight is 553 g/mol. The van der Waals surface area contributed by atoms with E-state index in [0.717, 1.165) is 60.7 Å². The zero-order valence-corrected chi connectivity index (χ0v) is 23.1. The van der Waals surface area contributed by atoms with Crippen molar-refractivity contribution in [1.82, 2.24) is 0 Å². The molecule has 0 fully saturated rings. The summed E-state index contributed by atoms with van der Waals surface area (Å²) in [4.78, 5) is 0. The molecule has 4 heteroatoms. The number of fused-ring (bicyclic) bond motifs is 6. The van der Waals surface area contributed by atoms with Crippen LogP contribution in [-0.2, 0) is 0 Å². The van der Waals surface area contributed by atoms with Gasteiger partial charge in [0.1, 0.15) is 17.2 Å². The highest BCUT2D eigenvalue weighted by atomic mass is 32.1. The molecule has 0 spiro atoms. The minimum absolute atomic E-state index is 0.553. The Labute approximate surface area is 245 Å². The maximum absolute atomic E-state index is 10.7. The molecule has 0 saturated carbocycles. The molecule has 2 aromatic heterocycles. The van der Waals surface area contributed by atoms with Crippen molar-refractivity contribution in [3.8, 4) is 45.5 Å². The molecule has 194 valence electrons. The highest BCUT2D eigenvalue weighted by Gasteiger charge is 2.21. The number of thiophene rings is 1. The molecule has 0 amide bonds. The number of hydrogen-bond donors (Lipinski definition) is 0. The Morgan fingerprint density at radius 3 is 2.10 bits per heavy atom. The molecule has 0 aliphatic heterocycles. The quantitative estimate of drug-likeness (QED) is 0.219. The Balaban J connectivity index is 1.51. The van der Waals surface area contributed by atoms with Crippen molar-refractivity contribution in [3.05, 3.63) is 132 Å². The lowest BCUT2D eigenvalue weighted by atomic mass is 9.86. The van der Waals surface area contributed by atoms with Crippen molar-refractivity contribution in [3.63, 3.8) is 0 Å². The summed E-state index contributed by atoms with van der Waals surface area (Å²) in [7, 11) is 0. The molecule has 0 unspecified atom stereocenters. The summed E-state index contributed by atoms with van der Waals surface area (Å²) in [5, 5.41) is 24.8. The van der Waals surface area contributed by atoms with Crippen molar-refractivity contribution >= 4 is 53.4 Å². The summed E-state index contributed by atoms with van der Waals surface area (Å²) in [6, 6.07) is 45.5. The molecule has 0 aliphatic carbocycles. The van der Waals surface area contributed by atoms with Gasteiger partial charge in [0.05, 0.1) is 17.2 Å². The second-order valence-corrected chi connectivity index (χ2v) is 11.4. The molecule has 0 radical (unpaired) electrons. The van der Waals surface area contributed by atoms with Gasteiger partial charge in [-0.15, -0.1) is 11.3 Å². The maximum Gasteiger partial charge on any atom is 0.136 e. The number of para-hydroxylation sites is 1. The first-order valence-electron chi connectivity index (χ1n) is 13.6. The van der Waals surface area contributed by atoms with Crippen LogP contribution in [0.25, 0.3) is 75.5 Å². The topological polar surface area (TPSA) is 60.7 Å². The minimum Gasteiger partial charge on any atom is -0.456 e. The molecule has 0 N–H and O–H groups in total. The predicted molar refractivity (Wildman–Crippen MR) is 172 cm³/mol. The fraction of sp³-hybridized carbons (Fsp3) is 0. The van der Waals surface area contributed by atoms with Gasteiger partial charge in [-0.2, -0.15) is 10.5 Å². The summed E-state index contributed by atoms with van der Waals surface area (Å²) in [5.74, 6) is 0. The van der Waals surface area contributed by atoms with Gasteiger partial charge in [0.15, 0.2) is 0 Å². The van der Waals surface area contributed by atoms with Gasteiger partial charge < -0.3 is 4.42 Å². The molecule has 42 heavy (non-hydrogen) atoms. The number of nitriles is 2. The summed E-state index contributed by atoms with van der Waals surface area (Å²) in [6.07, 6.45) is 0. The second-order valence-electron chi connectivity index (χ2n) is 10.3. The van der Waals surface area contributed by atoms with Crippen molar-refractivity contribution in [1.29, 1.82) is 10.5 Å². The monoisotopic (exact) mass is 552 g/mol. The van der Waals surface area contributed by atoms with E-state index in [-0.39, 0.29) is 0 Å². The molecule has 0 saturated heterocycles. The van der Waals surface area contributed by atoms with Gasteiger partial charge in [-0.25, -0.2) is 0 Å². The first-order valence-corrected chi connectivity index (χ1v) is 14.4. The van der Waals surface area contributed by atoms with Crippen molar-refractivity contribution in [2.75, 3.05) is 0 Å². The molecule has 8 aromatic rings. The molecule has 3 nitrogen and oxygen atoms in total. The molecule has 8 rings (SSSR count). The zero-order chi connectivity index (χ0) is 28.2. The highest BCUT2D eigenvalue weighted by molar-refractivity contribution is 7.25. The summed E-state index contributed by atoms with van der Waals surface area (Å²) in [6.45, 7) is 0. The van der Waals surface area contributed by atoms with E-state index in [4.69, 9.17) is 4.42 Å². The second kappa shape index (κ2) is 9.46. The van der Waals surface area contributed by atoms with Crippen LogP contribution in [-0.4, -0.2) is 0 Å². The molecular formula is C38H20N2OS. The summed E-state index contributed by atoms with van der Waals surface area (Å²) >= 11 is 1.76. The third-order valence-electron chi connectivity index (χ3n) is 7.96. The molecule has 0 aliphatic rings. The number of furan rings is 1. The van der Waals surface area contributed by atoms with E-state index in [0.29, 0.717) is 11.1 Å². The summed E-state index contributed by atoms with van der Waals surface area (Å²) < 4.78 is 8.62. The van der Waals surface area contributed by atoms with Gasteiger partial charge in [0.2, 0.25) is 0 Å². The van der Waals surface area contributed by atoms with E-state index in [1.54, 1.807) is 17.4 Å². The van der Waals surface area contributed by atoms with Crippen LogP contribution < -0.4 is 0 Å². The Kier molecular flexibility index (Phi) is 5.44. The maximum atomic E-state index is 10.7. The molecular weight excluding hydrogens is 532 g/mol. The lowest BCUT2D eigenvalue weighted by molar-refractivity contribution is 0.669. The standard InChI is InChI=1S/C38H20N2OS/c39-21-23-8-5-9-24(18-23)30-19-25(26-12-6-15-34-37(26)28-10-1-3-14-33(28)41-34)20-31(32(30)22-40)27-13-7-17-36-38(27)29-11-2-4-16-35(29)42-36/h1-20H. The molecule has 0 bridgehead atoms. The van der Waals surface area contributed by atoms with E-state index < -0.39 is 0 Å². The Hall–Kier alpha value is -5.68. The van der Waals surface area contributed by atoms with E-state index in [1.807, 2.05) is 48.5 Å². The Morgan fingerprint density at radius 2 is 1.21 bits per heavy atom. The van der Waals surface area contributed by atoms with Crippen LogP contribution in [0.15, 0.2) is 126 Å². The lowest BCUT2D eigenvalue weighted by Gasteiger charge is -2.16. The van der Waals surface area contributed by atoms with Crippen LogP contribution in [0.4, 0.5) is 0 Å². The van der Waals surface area contributed by atoms with Gasteiger partial charge in [0.25, 0.3) is 0 Å². The van der Waals surface area contributed by atoms with Gasteiger partial charge >= 0.3 is 0 Å². The minimum atomic E-state index is 0.553. The first kappa shape index (κ1) is 24.1. The smallest absolute Gasteiger partial charge is 0.136 e. The molecule has 6 aromatic carbocycles. The molecule has 2 heterocycles. The van der Waals surface area contributed by atoms with E-state index in [9.17, 15) is 10.5 Å². The number of benzene rings is 6. The van der Waals surface area contributed by atoms with Crippen LogP contribution >= 0.6 is 11.3 Å². The highest BCUT2D eigenvalue weighted by Crippen LogP contribution is 2.45. The van der Waals surface area contributed by atoms with Gasteiger partial charge in [0, 0.05) is 42.1 Å². The van der Waals surface area contributed by atoms with E-state index in [1.165, 1.54) is 14.8 Å². The third-order valence-corrected chi connectivity index (χ3v) is 9.10. The number of hydrogen-bond acceptors (Lipinski definition) is 4. The van der Waals surface area contributed by atoms with Crippen molar-refractivity contribution < 1.29 is 4.42 Å². The Morgan fingerprint density at radius 1 is 0.500 bits per heavy atom. The lowest BCUT2D eigenvalue weighted by Crippen LogP contribution is -1.94. The molecule has 0 atom stereocenters. The third kappa shape index (κ3) is 3.64. The van der Waals surface area contributed by atoms with Crippen molar-refractivity contribution in [2.45, 2.75) is 0 Å². The number of nitrogens with zero attached hydrogens (tertiary/aromatic N) is 2. The number of rotatable bonds is 3.